The summed E-state index contributed by atoms with van der Waals surface area (Å²) in [6, 6.07) is 2.03. The lowest BCUT2D eigenvalue weighted by Crippen LogP contribution is -2.27. The van der Waals surface area contributed by atoms with Crippen LogP contribution in [0.15, 0.2) is 43.4 Å². The van der Waals surface area contributed by atoms with Crippen LogP contribution < -0.4 is 0 Å². The first-order chi connectivity index (χ1) is 10.7. The molecule has 0 amide bonds. The molecule has 5 rings (SSSR count). The van der Waals surface area contributed by atoms with E-state index in [2.05, 4.69) is 38.4 Å². The molecule has 106 valence electrons. The minimum absolute atomic E-state index is 0.180. The van der Waals surface area contributed by atoms with E-state index in [1.807, 2.05) is 37.1 Å². The number of fused-ring (bicyclic) bond motifs is 5. The molecule has 0 bridgehead atoms. The van der Waals surface area contributed by atoms with Crippen LogP contribution >= 0.6 is 0 Å². The molecule has 0 atom stereocenters. The highest BCUT2D eigenvalue weighted by atomic mass is 15.1. The summed E-state index contributed by atoms with van der Waals surface area (Å²) >= 11 is 0. The molecule has 0 spiro atoms. The third kappa shape index (κ3) is 1.20. The van der Waals surface area contributed by atoms with E-state index >= 15 is 0 Å². The summed E-state index contributed by atoms with van der Waals surface area (Å²) < 4.78 is 2.21. The first-order valence-electron chi connectivity index (χ1n) is 7.23. The van der Waals surface area contributed by atoms with Crippen LogP contribution in [0.5, 0.6) is 0 Å². The van der Waals surface area contributed by atoms with E-state index in [-0.39, 0.29) is 5.41 Å². The first kappa shape index (κ1) is 11.8. The molecule has 0 aliphatic carbocycles. The van der Waals surface area contributed by atoms with Gasteiger partial charge in [-0.05, 0) is 6.07 Å². The van der Waals surface area contributed by atoms with Gasteiger partial charge in [-0.1, -0.05) is 13.8 Å². The van der Waals surface area contributed by atoms with E-state index < -0.39 is 0 Å². The van der Waals surface area contributed by atoms with Crippen molar-refractivity contribution in [1.82, 2.24) is 24.5 Å². The largest absolute Gasteiger partial charge is 0.293 e. The molecule has 0 radical (unpaired) electrons. The maximum Gasteiger partial charge on any atom is 0.145 e. The summed E-state index contributed by atoms with van der Waals surface area (Å²) in [7, 11) is 0. The SMILES string of the molecule is CC1(C)c2cncnc2-n2c3ccncc3c3cncc1c32. The van der Waals surface area contributed by atoms with Crippen LogP contribution in [0.2, 0.25) is 0 Å². The highest BCUT2D eigenvalue weighted by Gasteiger charge is 2.36. The van der Waals surface area contributed by atoms with Crippen molar-refractivity contribution in [2.75, 3.05) is 0 Å². The molecule has 0 saturated carbocycles. The summed E-state index contributed by atoms with van der Waals surface area (Å²) in [5.41, 5.74) is 4.42. The van der Waals surface area contributed by atoms with Gasteiger partial charge in [-0.2, -0.15) is 0 Å². The van der Waals surface area contributed by atoms with Crippen molar-refractivity contribution in [3.05, 3.63) is 54.5 Å². The van der Waals surface area contributed by atoms with Crippen LogP contribution in [-0.2, 0) is 5.41 Å². The fraction of sp³-hybridized carbons (Fsp3) is 0.176. The number of nitrogens with zero attached hydrogens (tertiary/aromatic N) is 5. The molecule has 0 saturated heterocycles. The van der Waals surface area contributed by atoms with Crippen molar-refractivity contribution in [3.63, 3.8) is 0 Å². The lowest BCUT2D eigenvalue weighted by atomic mass is 9.77. The van der Waals surface area contributed by atoms with Crippen molar-refractivity contribution >= 4 is 21.8 Å². The summed E-state index contributed by atoms with van der Waals surface area (Å²) in [4.78, 5) is 17.6. The Hall–Kier alpha value is -2.82. The molecule has 5 heterocycles. The van der Waals surface area contributed by atoms with Crippen molar-refractivity contribution in [3.8, 4) is 5.82 Å². The van der Waals surface area contributed by atoms with E-state index in [0.717, 1.165) is 27.7 Å². The van der Waals surface area contributed by atoms with Crippen molar-refractivity contribution in [2.45, 2.75) is 19.3 Å². The third-order valence-electron chi connectivity index (χ3n) is 4.72. The van der Waals surface area contributed by atoms with Gasteiger partial charge in [0.2, 0.25) is 0 Å². The second-order valence-electron chi connectivity index (χ2n) is 6.20. The van der Waals surface area contributed by atoms with Gasteiger partial charge >= 0.3 is 0 Å². The van der Waals surface area contributed by atoms with Gasteiger partial charge in [0, 0.05) is 58.3 Å². The fourth-order valence-corrected chi connectivity index (χ4v) is 3.57. The zero-order valence-electron chi connectivity index (χ0n) is 12.3. The van der Waals surface area contributed by atoms with E-state index in [1.165, 1.54) is 11.1 Å². The molecule has 1 aliphatic heterocycles. The average Bonchev–Trinajstić information content (AvgIpc) is 2.88. The van der Waals surface area contributed by atoms with Crippen LogP contribution in [0.4, 0.5) is 0 Å². The highest BCUT2D eigenvalue weighted by Crippen LogP contribution is 2.45. The number of hydrogen-bond acceptors (Lipinski definition) is 4. The van der Waals surface area contributed by atoms with Crippen LogP contribution in [0, 0.1) is 0 Å². The molecule has 22 heavy (non-hydrogen) atoms. The molecule has 4 aromatic rings. The Labute approximate surface area is 126 Å². The van der Waals surface area contributed by atoms with Crippen molar-refractivity contribution in [2.24, 2.45) is 0 Å². The van der Waals surface area contributed by atoms with Crippen molar-refractivity contribution in [1.29, 1.82) is 0 Å². The number of aromatic nitrogens is 5. The summed E-state index contributed by atoms with van der Waals surface area (Å²) in [5.74, 6) is 0.949. The lowest BCUT2D eigenvalue weighted by molar-refractivity contribution is 0.616. The minimum Gasteiger partial charge on any atom is -0.293 e. The summed E-state index contributed by atoms with van der Waals surface area (Å²) in [5, 5.41) is 2.23. The molecule has 5 nitrogen and oxygen atoms in total. The molecular weight excluding hydrogens is 274 g/mol. The van der Waals surface area contributed by atoms with Gasteiger partial charge in [0.15, 0.2) is 0 Å². The zero-order valence-corrected chi connectivity index (χ0v) is 12.3. The molecule has 0 aromatic carbocycles. The van der Waals surface area contributed by atoms with Crippen LogP contribution in [0.1, 0.15) is 25.0 Å². The van der Waals surface area contributed by atoms with Gasteiger partial charge in [0.05, 0.1) is 11.0 Å². The predicted molar refractivity (Wildman–Crippen MR) is 84.1 cm³/mol. The van der Waals surface area contributed by atoms with Crippen LogP contribution in [0.3, 0.4) is 0 Å². The quantitative estimate of drug-likeness (QED) is 0.499. The van der Waals surface area contributed by atoms with Gasteiger partial charge < -0.3 is 0 Å². The molecule has 0 fully saturated rings. The second-order valence-corrected chi connectivity index (χ2v) is 6.20. The van der Waals surface area contributed by atoms with Gasteiger partial charge in [0.25, 0.3) is 0 Å². The molecule has 5 heteroatoms. The van der Waals surface area contributed by atoms with E-state index in [4.69, 9.17) is 0 Å². The maximum absolute atomic E-state index is 4.57. The Morgan fingerprint density at radius 2 is 1.73 bits per heavy atom. The summed E-state index contributed by atoms with van der Waals surface area (Å²) in [6.07, 6.45) is 11.1. The maximum atomic E-state index is 4.57. The molecule has 0 N–H and O–H groups in total. The first-order valence-corrected chi connectivity index (χ1v) is 7.23. The number of pyridine rings is 2. The lowest BCUT2D eigenvalue weighted by Gasteiger charge is -2.32. The van der Waals surface area contributed by atoms with Gasteiger partial charge in [0.1, 0.15) is 12.1 Å². The molecule has 1 aliphatic rings. The van der Waals surface area contributed by atoms with Gasteiger partial charge in [-0.25, -0.2) is 9.97 Å². The zero-order chi connectivity index (χ0) is 14.9. The molecular formula is C17H13N5. The third-order valence-corrected chi connectivity index (χ3v) is 4.72. The highest BCUT2D eigenvalue weighted by molar-refractivity contribution is 6.10. The van der Waals surface area contributed by atoms with Gasteiger partial charge in [-0.3, -0.25) is 14.5 Å². The van der Waals surface area contributed by atoms with Crippen LogP contribution in [-0.4, -0.2) is 24.5 Å². The Bertz CT molecular complexity index is 1060. The number of rotatable bonds is 0. The Balaban J connectivity index is 2.15. The Kier molecular flexibility index (Phi) is 1.97. The molecule has 4 aromatic heterocycles. The van der Waals surface area contributed by atoms with E-state index in [0.29, 0.717) is 0 Å². The standard InChI is InChI=1S/C17H13N5/c1-17(2)12-7-19-6-11-10-5-18-4-3-14(10)22(15(11)12)16-13(17)8-20-9-21-16/h3-9H,1-2H3. The van der Waals surface area contributed by atoms with Crippen LogP contribution in [0.25, 0.3) is 27.6 Å². The monoisotopic (exact) mass is 287 g/mol. The minimum atomic E-state index is -0.180. The Morgan fingerprint density at radius 1 is 0.909 bits per heavy atom. The van der Waals surface area contributed by atoms with E-state index in [9.17, 15) is 0 Å². The topological polar surface area (TPSA) is 56.5 Å². The second kappa shape index (κ2) is 3.68. The normalized spacial score (nSPS) is 15.2. The smallest absolute Gasteiger partial charge is 0.145 e. The predicted octanol–water partition coefficient (Wildman–Crippen LogP) is 3.00. The average molecular weight is 287 g/mol. The summed E-state index contributed by atoms with van der Waals surface area (Å²) in [6.45, 7) is 4.40. The van der Waals surface area contributed by atoms with Gasteiger partial charge in [-0.15, -0.1) is 0 Å². The Morgan fingerprint density at radius 3 is 2.64 bits per heavy atom. The van der Waals surface area contributed by atoms with Crippen molar-refractivity contribution < 1.29 is 0 Å². The van der Waals surface area contributed by atoms with E-state index in [1.54, 1.807) is 6.33 Å². The number of hydrogen-bond donors (Lipinski definition) is 0. The fourth-order valence-electron chi connectivity index (χ4n) is 3.57. The molecule has 0 unspecified atom stereocenters.